The zero-order chi connectivity index (χ0) is 13.1. The Morgan fingerprint density at radius 3 is 2.89 bits per heavy atom. The first kappa shape index (κ1) is 12.1. The SMILES string of the molecule is O=C(Nc1cccc2ccccc12)C1COCCN1. The Bertz CT molecular complexity index is 586. The van der Waals surface area contributed by atoms with Gasteiger partial charge in [-0.25, -0.2) is 0 Å². The van der Waals surface area contributed by atoms with Gasteiger partial charge in [0.15, 0.2) is 0 Å². The van der Waals surface area contributed by atoms with Crippen molar-refractivity contribution in [2.45, 2.75) is 6.04 Å². The average molecular weight is 256 g/mol. The van der Waals surface area contributed by atoms with Gasteiger partial charge >= 0.3 is 0 Å². The standard InChI is InChI=1S/C15H16N2O2/c18-15(14-10-19-9-8-16-14)17-13-7-3-5-11-4-1-2-6-12(11)13/h1-7,14,16H,8-10H2,(H,17,18). The fourth-order valence-corrected chi connectivity index (χ4v) is 2.29. The summed E-state index contributed by atoms with van der Waals surface area (Å²) < 4.78 is 5.31. The molecule has 98 valence electrons. The smallest absolute Gasteiger partial charge is 0.243 e. The highest BCUT2D eigenvalue weighted by Gasteiger charge is 2.21. The molecule has 1 atom stereocenters. The highest BCUT2D eigenvalue weighted by atomic mass is 16.5. The summed E-state index contributed by atoms with van der Waals surface area (Å²) in [5.41, 5.74) is 0.843. The second kappa shape index (κ2) is 5.38. The number of hydrogen-bond donors (Lipinski definition) is 2. The monoisotopic (exact) mass is 256 g/mol. The van der Waals surface area contributed by atoms with E-state index in [0.717, 1.165) is 16.5 Å². The van der Waals surface area contributed by atoms with E-state index in [4.69, 9.17) is 4.74 Å². The molecule has 1 amide bonds. The molecular weight excluding hydrogens is 240 g/mol. The average Bonchev–Trinajstić information content (AvgIpc) is 2.48. The number of benzene rings is 2. The molecule has 1 saturated heterocycles. The second-order valence-corrected chi connectivity index (χ2v) is 4.60. The highest BCUT2D eigenvalue weighted by Crippen LogP contribution is 2.23. The van der Waals surface area contributed by atoms with Crippen LogP contribution in [0.4, 0.5) is 5.69 Å². The lowest BCUT2D eigenvalue weighted by Gasteiger charge is -2.23. The summed E-state index contributed by atoms with van der Waals surface area (Å²) in [6.07, 6.45) is 0. The van der Waals surface area contributed by atoms with Crippen LogP contribution in [0.1, 0.15) is 0 Å². The van der Waals surface area contributed by atoms with Crippen LogP contribution in [0.3, 0.4) is 0 Å². The lowest BCUT2D eigenvalue weighted by atomic mass is 10.1. The molecule has 4 heteroatoms. The molecule has 1 aliphatic heterocycles. The summed E-state index contributed by atoms with van der Waals surface area (Å²) in [7, 11) is 0. The molecule has 0 bridgehead atoms. The van der Waals surface area contributed by atoms with Crippen molar-refractivity contribution in [2.24, 2.45) is 0 Å². The lowest BCUT2D eigenvalue weighted by molar-refractivity contribution is -0.120. The Hall–Kier alpha value is -1.91. The maximum absolute atomic E-state index is 12.2. The van der Waals surface area contributed by atoms with Crippen LogP contribution in [0.25, 0.3) is 10.8 Å². The molecule has 1 heterocycles. The van der Waals surface area contributed by atoms with Gasteiger partial charge in [-0.15, -0.1) is 0 Å². The molecular formula is C15H16N2O2. The minimum Gasteiger partial charge on any atom is -0.378 e. The molecule has 4 nitrogen and oxygen atoms in total. The fourth-order valence-electron chi connectivity index (χ4n) is 2.29. The summed E-state index contributed by atoms with van der Waals surface area (Å²) in [6, 6.07) is 13.6. The zero-order valence-electron chi connectivity index (χ0n) is 10.6. The maximum atomic E-state index is 12.2. The molecule has 0 aliphatic carbocycles. The van der Waals surface area contributed by atoms with Gasteiger partial charge in [0.1, 0.15) is 6.04 Å². The van der Waals surface area contributed by atoms with E-state index in [0.29, 0.717) is 19.8 Å². The van der Waals surface area contributed by atoms with E-state index in [-0.39, 0.29) is 11.9 Å². The summed E-state index contributed by atoms with van der Waals surface area (Å²) in [5, 5.41) is 8.29. The van der Waals surface area contributed by atoms with Crippen LogP contribution in [0, 0.1) is 0 Å². The molecule has 2 aromatic carbocycles. The van der Waals surface area contributed by atoms with Crippen molar-refractivity contribution in [3.8, 4) is 0 Å². The molecule has 19 heavy (non-hydrogen) atoms. The predicted octanol–water partition coefficient (Wildman–Crippen LogP) is 1.77. The van der Waals surface area contributed by atoms with E-state index in [9.17, 15) is 4.79 Å². The van der Waals surface area contributed by atoms with Gasteiger partial charge in [0.25, 0.3) is 0 Å². The molecule has 1 aliphatic rings. The van der Waals surface area contributed by atoms with Gasteiger partial charge in [0.2, 0.25) is 5.91 Å². The van der Waals surface area contributed by atoms with Crippen molar-refractivity contribution < 1.29 is 9.53 Å². The number of hydrogen-bond acceptors (Lipinski definition) is 3. The summed E-state index contributed by atoms with van der Waals surface area (Å²) >= 11 is 0. The number of anilines is 1. The number of amides is 1. The van der Waals surface area contributed by atoms with E-state index >= 15 is 0 Å². The first-order valence-electron chi connectivity index (χ1n) is 6.44. The topological polar surface area (TPSA) is 50.4 Å². The minimum absolute atomic E-state index is 0.0453. The number of rotatable bonds is 2. The van der Waals surface area contributed by atoms with Gasteiger partial charge in [-0.05, 0) is 11.5 Å². The Morgan fingerprint density at radius 1 is 1.21 bits per heavy atom. The molecule has 0 spiro atoms. The molecule has 0 saturated carbocycles. The van der Waals surface area contributed by atoms with Crippen molar-refractivity contribution in [2.75, 3.05) is 25.1 Å². The Labute approximate surface area is 111 Å². The highest BCUT2D eigenvalue weighted by molar-refractivity contribution is 6.03. The largest absolute Gasteiger partial charge is 0.378 e. The molecule has 0 radical (unpaired) electrons. The van der Waals surface area contributed by atoms with E-state index in [1.807, 2.05) is 42.5 Å². The van der Waals surface area contributed by atoms with Crippen LogP contribution >= 0.6 is 0 Å². The van der Waals surface area contributed by atoms with Crippen LogP contribution in [0.5, 0.6) is 0 Å². The van der Waals surface area contributed by atoms with Gasteiger partial charge in [-0.1, -0.05) is 36.4 Å². The quantitative estimate of drug-likeness (QED) is 0.861. The Balaban J connectivity index is 1.82. The molecule has 1 unspecified atom stereocenters. The van der Waals surface area contributed by atoms with Gasteiger partial charge in [-0.2, -0.15) is 0 Å². The fraction of sp³-hybridized carbons (Fsp3) is 0.267. The minimum atomic E-state index is -0.271. The Morgan fingerprint density at radius 2 is 2.05 bits per heavy atom. The first-order chi connectivity index (χ1) is 9.34. The molecule has 2 N–H and O–H groups in total. The summed E-state index contributed by atoms with van der Waals surface area (Å²) in [4.78, 5) is 12.2. The lowest BCUT2D eigenvalue weighted by Crippen LogP contribution is -2.48. The van der Waals surface area contributed by atoms with Crippen molar-refractivity contribution in [3.63, 3.8) is 0 Å². The number of nitrogens with one attached hydrogen (secondary N) is 2. The van der Waals surface area contributed by atoms with Crippen molar-refractivity contribution >= 4 is 22.4 Å². The van der Waals surface area contributed by atoms with Crippen molar-refractivity contribution in [1.29, 1.82) is 0 Å². The maximum Gasteiger partial charge on any atom is 0.243 e. The number of morpholine rings is 1. The first-order valence-corrected chi connectivity index (χ1v) is 6.44. The van der Waals surface area contributed by atoms with Gasteiger partial charge in [0.05, 0.1) is 13.2 Å². The van der Waals surface area contributed by atoms with Crippen LogP contribution in [0.15, 0.2) is 42.5 Å². The van der Waals surface area contributed by atoms with Gasteiger partial charge in [0, 0.05) is 17.6 Å². The number of ether oxygens (including phenoxy) is 1. The van der Waals surface area contributed by atoms with Gasteiger partial charge in [-0.3, -0.25) is 4.79 Å². The number of fused-ring (bicyclic) bond motifs is 1. The molecule has 3 rings (SSSR count). The van der Waals surface area contributed by atoms with Crippen molar-refractivity contribution in [1.82, 2.24) is 5.32 Å². The van der Waals surface area contributed by atoms with Gasteiger partial charge < -0.3 is 15.4 Å². The third-order valence-corrected chi connectivity index (χ3v) is 3.29. The summed E-state index contributed by atoms with van der Waals surface area (Å²) in [5.74, 6) is -0.0453. The second-order valence-electron chi connectivity index (χ2n) is 4.60. The van der Waals surface area contributed by atoms with Crippen LogP contribution in [0.2, 0.25) is 0 Å². The van der Waals surface area contributed by atoms with Crippen LogP contribution in [-0.4, -0.2) is 31.7 Å². The Kier molecular flexibility index (Phi) is 3.44. The predicted molar refractivity (Wildman–Crippen MR) is 75.2 cm³/mol. The van der Waals surface area contributed by atoms with E-state index < -0.39 is 0 Å². The van der Waals surface area contributed by atoms with Crippen LogP contribution < -0.4 is 10.6 Å². The van der Waals surface area contributed by atoms with E-state index in [2.05, 4.69) is 10.6 Å². The van der Waals surface area contributed by atoms with E-state index in [1.54, 1.807) is 0 Å². The zero-order valence-corrected chi connectivity index (χ0v) is 10.6. The van der Waals surface area contributed by atoms with Crippen molar-refractivity contribution in [3.05, 3.63) is 42.5 Å². The number of carbonyl (C=O) groups is 1. The molecule has 1 fully saturated rings. The van der Waals surface area contributed by atoms with E-state index in [1.165, 1.54) is 0 Å². The number of carbonyl (C=O) groups excluding carboxylic acids is 1. The molecule has 2 aromatic rings. The summed E-state index contributed by atoms with van der Waals surface area (Å²) in [6.45, 7) is 1.81. The van der Waals surface area contributed by atoms with Crippen LogP contribution in [-0.2, 0) is 9.53 Å². The molecule has 0 aromatic heterocycles. The normalized spacial score (nSPS) is 19.3. The third-order valence-electron chi connectivity index (χ3n) is 3.29. The third kappa shape index (κ3) is 2.59.